The molecular weight excluding hydrogens is 565 g/mol. The van der Waals surface area contributed by atoms with Gasteiger partial charge in [0.1, 0.15) is 0 Å². The number of fused-ring (bicyclic) bond motifs is 1. The third-order valence-electron chi connectivity index (χ3n) is 5.80. The summed E-state index contributed by atoms with van der Waals surface area (Å²) in [6.07, 6.45) is -5.40. The zero-order valence-electron chi connectivity index (χ0n) is 20.9. The second-order valence-electron chi connectivity index (χ2n) is 8.70. The van der Waals surface area contributed by atoms with Crippen molar-refractivity contribution in [2.24, 2.45) is 0 Å². The number of carbonyl (C=O) groups is 2. The third kappa shape index (κ3) is 8.53. The molecule has 40 heavy (non-hydrogen) atoms. The molecule has 1 fully saturated rings. The van der Waals surface area contributed by atoms with Crippen LogP contribution in [0.2, 0.25) is 0 Å². The van der Waals surface area contributed by atoms with Gasteiger partial charge < -0.3 is 29.5 Å². The number of aliphatic hydroxyl groups is 1. The van der Waals surface area contributed by atoms with Gasteiger partial charge in [0, 0.05) is 32.7 Å². The Balaban J connectivity index is 0.000000663. The number of halogens is 3. The predicted molar refractivity (Wildman–Crippen MR) is 130 cm³/mol. The Morgan fingerprint density at radius 2 is 1.62 bits per heavy atom. The van der Waals surface area contributed by atoms with Crippen LogP contribution in [0.25, 0.3) is 0 Å². The van der Waals surface area contributed by atoms with Crippen LogP contribution in [-0.2, 0) is 37.1 Å². The van der Waals surface area contributed by atoms with Crippen LogP contribution in [0.4, 0.5) is 13.2 Å². The summed E-state index contributed by atoms with van der Waals surface area (Å²) in [5, 5.41) is 25.1. The van der Waals surface area contributed by atoms with Gasteiger partial charge in [0.2, 0.25) is 16.8 Å². The van der Waals surface area contributed by atoms with E-state index in [0.29, 0.717) is 37.2 Å². The Hall–Kier alpha value is -3.44. The van der Waals surface area contributed by atoms with Crippen molar-refractivity contribution in [3.63, 3.8) is 0 Å². The molecule has 4 rings (SSSR count). The van der Waals surface area contributed by atoms with Crippen LogP contribution < -0.4 is 9.47 Å². The molecule has 1 unspecified atom stereocenters. The fourth-order valence-corrected chi connectivity index (χ4v) is 5.30. The lowest BCUT2D eigenvalue weighted by molar-refractivity contribution is -0.159. The van der Waals surface area contributed by atoms with Crippen LogP contribution in [0.15, 0.2) is 47.4 Å². The van der Waals surface area contributed by atoms with Crippen LogP contribution in [-0.4, -0.2) is 97.1 Å². The van der Waals surface area contributed by atoms with E-state index in [4.69, 9.17) is 34.0 Å². The highest BCUT2D eigenvalue weighted by atomic mass is 32.2. The Morgan fingerprint density at radius 3 is 2.25 bits per heavy atom. The van der Waals surface area contributed by atoms with Crippen molar-refractivity contribution in [3.8, 4) is 11.5 Å². The summed E-state index contributed by atoms with van der Waals surface area (Å²) in [6.45, 7) is 1.78. The van der Waals surface area contributed by atoms with E-state index >= 15 is 0 Å². The summed E-state index contributed by atoms with van der Waals surface area (Å²) in [6, 6.07) is 9.22. The van der Waals surface area contributed by atoms with Gasteiger partial charge >= 0.3 is 18.1 Å². The number of piperazine rings is 1. The Bertz CT molecular complexity index is 1290. The standard InChI is InChI=1S/C22H25F3N2O6S.C2H2O4/c23-22(24,25)17-2-1-3-19(11-17)34(29,30)27-8-6-26(7-9-27)12-18(28)14-31-13-16-4-5-20-21(10-16)33-15-32-20;3-1(4)2(5)6/h1-5,10-11,18,28H,6-9,12-15H2;(H,3,4)(H,5,6). The highest BCUT2D eigenvalue weighted by molar-refractivity contribution is 7.89. The number of rotatable bonds is 8. The van der Waals surface area contributed by atoms with Crippen LogP contribution >= 0.6 is 0 Å². The number of nitrogens with zero attached hydrogens (tertiary/aromatic N) is 2. The number of benzene rings is 2. The highest BCUT2D eigenvalue weighted by Gasteiger charge is 2.34. The molecule has 0 aromatic heterocycles. The van der Waals surface area contributed by atoms with Crippen molar-refractivity contribution in [1.82, 2.24) is 9.21 Å². The number of aliphatic hydroxyl groups excluding tert-OH is 1. The fourth-order valence-electron chi connectivity index (χ4n) is 3.83. The molecule has 12 nitrogen and oxygen atoms in total. The van der Waals surface area contributed by atoms with E-state index in [9.17, 15) is 26.7 Å². The molecule has 1 atom stereocenters. The minimum absolute atomic E-state index is 0.0944. The molecule has 2 aliphatic heterocycles. The van der Waals surface area contributed by atoms with E-state index in [1.165, 1.54) is 4.31 Å². The molecule has 1 saturated heterocycles. The van der Waals surface area contributed by atoms with E-state index in [1.807, 2.05) is 17.0 Å². The normalized spacial score (nSPS) is 16.6. The minimum atomic E-state index is -4.62. The quantitative estimate of drug-likeness (QED) is 0.381. The minimum Gasteiger partial charge on any atom is -0.473 e. The average Bonchev–Trinajstić information content (AvgIpc) is 3.37. The molecule has 0 amide bonds. The first-order chi connectivity index (χ1) is 18.8. The lowest BCUT2D eigenvalue weighted by Gasteiger charge is -2.34. The van der Waals surface area contributed by atoms with E-state index in [-0.39, 0.29) is 38.0 Å². The van der Waals surface area contributed by atoms with Crippen molar-refractivity contribution in [1.29, 1.82) is 0 Å². The Kier molecular flexibility index (Phi) is 10.3. The molecule has 3 N–H and O–H groups in total. The summed E-state index contributed by atoms with van der Waals surface area (Å²) in [5.74, 6) is -2.32. The largest absolute Gasteiger partial charge is 0.473 e. The van der Waals surface area contributed by atoms with E-state index in [0.717, 1.165) is 23.8 Å². The summed E-state index contributed by atoms with van der Waals surface area (Å²) in [7, 11) is -4.05. The first-order valence-electron chi connectivity index (χ1n) is 11.8. The van der Waals surface area contributed by atoms with Gasteiger partial charge in [-0.15, -0.1) is 0 Å². The predicted octanol–water partition coefficient (Wildman–Crippen LogP) is 1.47. The van der Waals surface area contributed by atoms with Crippen LogP contribution in [0.1, 0.15) is 11.1 Å². The van der Waals surface area contributed by atoms with Gasteiger partial charge in [-0.05, 0) is 35.9 Å². The molecule has 2 heterocycles. The van der Waals surface area contributed by atoms with Gasteiger partial charge in [-0.1, -0.05) is 12.1 Å². The van der Waals surface area contributed by atoms with Gasteiger partial charge in [0.25, 0.3) is 0 Å². The SMILES string of the molecule is O=C(O)C(=O)O.O=S(=O)(c1cccc(C(F)(F)F)c1)N1CCN(CC(O)COCc2ccc3c(c2)OCO3)CC1. The van der Waals surface area contributed by atoms with Gasteiger partial charge in [-0.25, -0.2) is 18.0 Å². The van der Waals surface area contributed by atoms with Crippen molar-refractivity contribution < 1.29 is 60.7 Å². The number of β-amino-alcohol motifs (C(OH)–C–C–N with tert-alkyl or cyclic N) is 1. The maximum atomic E-state index is 12.9. The topological polar surface area (TPSA) is 163 Å². The van der Waals surface area contributed by atoms with Gasteiger partial charge in [0.05, 0.1) is 29.8 Å². The molecule has 0 radical (unpaired) electrons. The number of hydrogen-bond donors (Lipinski definition) is 3. The number of sulfonamides is 1. The zero-order valence-corrected chi connectivity index (χ0v) is 21.7. The molecule has 0 bridgehead atoms. The van der Waals surface area contributed by atoms with Crippen molar-refractivity contribution in [3.05, 3.63) is 53.6 Å². The monoisotopic (exact) mass is 592 g/mol. The molecular formula is C24H27F3N2O10S. The third-order valence-corrected chi connectivity index (χ3v) is 7.69. The summed E-state index contributed by atoms with van der Waals surface area (Å²) < 4.78 is 81.8. The number of aliphatic carboxylic acids is 2. The molecule has 0 spiro atoms. The smallest absolute Gasteiger partial charge is 0.416 e. The van der Waals surface area contributed by atoms with Gasteiger partial charge in [0.15, 0.2) is 11.5 Å². The number of carboxylic acids is 2. The van der Waals surface area contributed by atoms with E-state index in [2.05, 4.69) is 0 Å². The van der Waals surface area contributed by atoms with Crippen LogP contribution in [0.3, 0.4) is 0 Å². The summed E-state index contributed by atoms with van der Waals surface area (Å²) in [4.78, 5) is 19.7. The van der Waals surface area contributed by atoms with Crippen LogP contribution in [0.5, 0.6) is 11.5 Å². The maximum Gasteiger partial charge on any atom is 0.416 e. The zero-order chi connectivity index (χ0) is 29.5. The molecule has 0 saturated carbocycles. The van der Waals surface area contributed by atoms with E-state index in [1.54, 1.807) is 6.07 Å². The van der Waals surface area contributed by atoms with Crippen molar-refractivity contribution in [2.45, 2.75) is 23.8 Å². The number of alkyl halides is 3. The highest BCUT2D eigenvalue weighted by Crippen LogP contribution is 2.33. The first-order valence-corrected chi connectivity index (χ1v) is 13.2. The Labute approximate surface area is 227 Å². The van der Waals surface area contributed by atoms with Gasteiger partial charge in [-0.3, -0.25) is 4.90 Å². The van der Waals surface area contributed by atoms with Gasteiger partial charge in [-0.2, -0.15) is 17.5 Å². The molecule has 2 aromatic rings. The van der Waals surface area contributed by atoms with Crippen molar-refractivity contribution in [2.75, 3.05) is 46.1 Å². The maximum absolute atomic E-state index is 12.9. The first kappa shape index (κ1) is 31.1. The molecule has 2 aliphatic rings. The second-order valence-corrected chi connectivity index (χ2v) is 10.6. The second kappa shape index (κ2) is 13.3. The summed E-state index contributed by atoms with van der Waals surface area (Å²) >= 11 is 0. The average molecular weight is 593 g/mol. The van der Waals surface area contributed by atoms with Crippen molar-refractivity contribution >= 4 is 22.0 Å². The van der Waals surface area contributed by atoms with E-state index < -0.39 is 39.8 Å². The molecule has 2 aromatic carbocycles. The lowest BCUT2D eigenvalue weighted by atomic mass is 10.2. The number of carboxylic acid groups (broad SMARTS) is 2. The molecule has 16 heteroatoms. The Morgan fingerprint density at radius 1 is 0.975 bits per heavy atom. The van der Waals surface area contributed by atoms with Crippen LogP contribution in [0, 0.1) is 0 Å². The lowest BCUT2D eigenvalue weighted by Crippen LogP contribution is -2.50. The summed E-state index contributed by atoms with van der Waals surface area (Å²) in [5.41, 5.74) is -0.124. The molecule has 220 valence electrons. The molecule has 0 aliphatic carbocycles. The number of ether oxygens (including phenoxy) is 3. The fraction of sp³-hybridized carbons (Fsp3) is 0.417. The number of hydrogen-bond acceptors (Lipinski definition) is 9.